The number of aliphatic hydroxyl groups excluding tert-OH is 1. The molecule has 0 atom stereocenters. The van der Waals surface area contributed by atoms with Gasteiger partial charge in [-0.3, -0.25) is 0 Å². The van der Waals surface area contributed by atoms with Gasteiger partial charge >= 0.3 is 5.97 Å². The number of carbonyl (C=O) groups excluding carboxylic acids is 1. The highest BCUT2D eigenvalue weighted by atomic mass is 16.6. The van der Waals surface area contributed by atoms with Crippen LogP contribution in [0.25, 0.3) is 0 Å². The number of rotatable bonds is 6. The van der Waals surface area contributed by atoms with E-state index in [1.807, 2.05) is 0 Å². The quantitative estimate of drug-likeness (QED) is 0.729. The summed E-state index contributed by atoms with van der Waals surface area (Å²) in [5.41, 5.74) is 0. The summed E-state index contributed by atoms with van der Waals surface area (Å²) in [7, 11) is 1.37. The molecule has 5 nitrogen and oxygen atoms in total. The van der Waals surface area contributed by atoms with Crippen molar-refractivity contribution in [3.05, 3.63) is 0 Å². The molecule has 1 N–H and O–H groups in total. The smallest absolute Gasteiger partial charge is 0.331 e. The first kappa shape index (κ1) is 15.4. The van der Waals surface area contributed by atoms with E-state index in [2.05, 4.69) is 4.74 Å². The lowest BCUT2D eigenvalue weighted by atomic mass is 9.96. The predicted octanol–water partition coefficient (Wildman–Crippen LogP) is 1.28. The van der Waals surface area contributed by atoms with Crippen molar-refractivity contribution < 1.29 is 24.1 Å². The van der Waals surface area contributed by atoms with E-state index >= 15 is 0 Å². The molecule has 5 heteroatoms. The molecule has 2 fully saturated rings. The maximum atomic E-state index is 10.5. The van der Waals surface area contributed by atoms with Crippen LogP contribution in [0.2, 0.25) is 0 Å². The fraction of sp³-hybridized carbons (Fsp3) is 0.923. The number of esters is 1. The molecule has 0 spiro atoms. The van der Waals surface area contributed by atoms with Gasteiger partial charge in [-0.05, 0) is 38.5 Å². The van der Waals surface area contributed by atoms with Crippen LogP contribution in [0.15, 0.2) is 0 Å². The third kappa shape index (κ3) is 6.33. The first-order chi connectivity index (χ1) is 8.76. The molecule has 0 aliphatic heterocycles. The van der Waals surface area contributed by atoms with Crippen LogP contribution in [-0.2, 0) is 19.0 Å². The van der Waals surface area contributed by atoms with Gasteiger partial charge in [0.15, 0.2) is 0 Å². The molecule has 0 aromatic rings. The van der Waals surface area contributed by atoms with Crippen LogP contribution < -0.4 is 0 Å². The standard InChI is InChI=1S/C7H12O3.C6H12O2/c1-9-7(8)5-10-6-3-2-4-6;7-4-5-8-6-2-1-3-6/h6H,2-5H2,1H3;6-7H,1-5H2. The van der Waals surface area contributed by atoms with E-state index in [0.717, 1.165) is 12.8 Å². The Hall–Kier alpha value is -0.650. The van der Waals surface area contributed by atoms with Crippen LogP contribution >= 0.6 is 0 Å². The molecule has 2 rings (SSSR count). The molecule has 2 aliphatic carbocycles. The van der Waals surface area contributed by atoms with E-state index in [1.54, 1.807) is 0 Å². The van der Waals surface area contributed by atoms with Gasteiger partial charge in [0, 0.05) is 0 Å². The van der Waals surface area contributed by atoms with E-state index in [9.17, 15) is 4.79 Å². The number of carbonyl (C=O) groups is 1. The number of ether oxygens (including phenoxy) is 3. The normalized spacial score (nSPS) is 19.2. The first-order valence-electron chi connectivity index (χ1n) is 6.67. The van der Waals surface area contributed by atoms with Crippen molar-refractivity contribution in [3.63, 3.8) is 0 Å². The molecule has 0 amide bonds. The molecule has 2 saturated carbocycles. The van der Waals surface area contributed by atoms with Crippen molar-refractivity contribution in [1.29, 1.82) is 0 Å². The fourth-order valence-electron chi connectivity index (χ4n) is 1.54. The molecule has 2 aliphatic rings. The van der Waals surface area contributed by atoms with Crippen molar-refractivity contribution >= 4 is 5.97 Å². The minimum absolute atomic E-state index is 0.112. The zero-order chi connectivity index (χ0) is 13.2. The summed E-state index contributed by atoms with van der Waals surface area (Å²) < 4.78 is 14.7. The topological polar surface area (TPSA) is 65.0 Å². The maximum absolute atomic E-state index is 10.5. The monoisotopic (exact) mass is 260 g/mol. The number of hydrogen-bond acceptors (Lipinski definition) is 5. The van der Waals surface area contributed by atoms with Crippen LogP contribution in [0.4, 0.5) is 0 Å². The fourth-order valence-corrected chi connectivity index (χ4v) is 1.54. The van der Waals surface area contributed by atoms with Crippen molar-refractivity contribution in [3.8, 4) is 0 Å². The summed E-state index contributed by atoms with van der Waals surface area (Å²) in [5, 5.41) is 8.31. The van der Waals surface area contributed by atoms with Gasteiger partial charge in [0.1, 0.15) is 6.61 Å². The lowest BCUT2D eigenvalue weighted by Crippen LogP contribution is -2.25. The third-order valence-corrected chi connectivity index (χ3v) is 3.21. The number of aliphatic hydroxyl groups is 1. The highest BCUT2D eigenvalue weighted by molar-refractivity contribution is 5.70. The summed E-state index contributed by atoms with van der Waals surface area (Å²) in [5.74, 6) is -0.285. The van der Waals surface area contributed by atoms with Gasteiger partial charge in [0.2, 0.25) is 0 Å². The Labute approximate surface area is 108 Å². The molecular formula is C13H24O5. The van der Waals surface area contributed by atoms with Crippen molar-refractivity contribution in [2.24, 2.45) is 0 Å². The van der Waals surface area contributed by atoms with Gasteiger partial charge in [-0.15, -0.1) is 0 Å². The second-order valence-electron chi connectivity index (χ2n) is 4.59. The van der Waals surface area contributed by atoms with E-state index in [1.165, 1.54) is 32.8 Å². The maximum Gasteiger partial charge on any atom is 0.331 e. The second kappa shape index (κ2) is 9.30. The Bertz CT molecular complexity index is 223. The molecule has 0 radical (unpaired) electrons. The van der Waals surface area contributed by atoms with Gasteiger partial charge in [-0.2, -0.15) is 0 Å². The lowest BCUT2D eigenvalue weighted by molar-refractivity contribution is -0.149. The number of hydrogen-bond donors (Lipinski definition) is 1. The summed E-state index contributed by atoms with van der Waals surface area (Å²) >= 11 is 0. The van der Waals surface area contributed by atoms with Crippen molar-refractivity contribution in [2.45, 2.75) is 50.7 Å². The van der Waals surface area contributed by atoms with Crippen LogP contribution in [-0.4, -0.2) is 50.2 Å². The largest absolute Gasteiger partial charge is 0.467 e. The summed E-state index contributed by atoms with van der Waals surface area (Å²) in [6.07, 6.45) is 7.90. The average Bonchev–Trinajstić information content (AvgIpc) is 2.26. The van der Waals surface area contributed by atoms with E-state index in [4.69, 9.17) is 14.6 Å². The molecule has 0 aromatic heterocycles. The molecule has 0 saturated heterocycles. The third-order valence-electron chi connectivity index (χ3n) is 3.21. The molecule has 0 heterocycles. The molecule has 0 unspecified atom stereocenters. The Morgan fingerprint density at radius 2 is 1.67 bits per heavy atom. The van der Waals surface area contributed by atoms with E-state index in [-0.39, 0.29) is 19.2 Å². The zero-order valence-electron chi connectivity index (χ0n) is 11.1. The lowest BCUT2D eigenvalue weighted by Gasteiger charge is -2.24. The molecule has 0 bridgehead atoms. The average molecular weight is 260 g/mol. The van der Waals surface area contributed by atoms with Crippen LogP contribution in [0, 0.1) is 0 Å². The van der Waals surface area contributed by atoms with Crippen molar-refractivity contribution in [2.75, 3.05) is 26.9 Å². The molecule has 106 valence electrons. The van der Waals surface area contributed by atoms with Gasteiger partial charge in [0.25, 0.3) is 0 Å². The Morgan fingerprint density at radius 3 is 2.06 bits per heavy atom. The Morgan fingerprint density at radius 1 is 1.11 bits per heavy atom. The molecular weight excluding hydrogens is 236 g/mol. The van der Waals surface area contributed by atoms with E-state index < -0.39 is 0 Å². The van der Waals surface area contributed by atoms with Crippen molar-refractivity contribution in [1.82, 2.24) is 0 Å². The van der Waals surface area contributed by atoms with Gasteiger partial charge in [0.05, 0.1) is 32.5 Å². The van der Waals surface area contributed by atoms with Gasteiger partial charge < -0.3 is 19.3 Å². The Kier molecular flexibility index (Phi) is 7.96. The Balaban J connectivity index is 0.000000184. The van der Waals surface area contributed by atoms with Gasteiger partial charge in [-0.25, -0.2) is 4.79 Å². The van der Waals surface area contributed by atoms with Crippen LogP contribution in [0.1, 0.15) is 38.5 Å². The van der Waals surface area contributed by atoms with Gasteiger partial charge in [-0.1, -0.05) is 0 Å². The number of methoxy groups -OCH3 is 1. The SMILES string of the molecule is COC(=O)COC1CCC1.OCCOC1CCC1. The van der Waals surface area contributed by atoms with Crippen LogP contribution in [0.3, 0.4) is 0 Å². The molecule has 18 heavy (non-hydrogen) atoms. The zero-order valence-corrected chi connectivity index (χ0v) is 11.1. The summed E-state index contributed by atoms with van der Waals surface area (Å²) in [6, 6.07) is 0. The molecule has 0 aromatic carbocycles. The summed E-state index contributed by atoms with van der Waals surface area (Å²) in [4.78, 5) is 10.5. The van der Waals surface area contributed by atoms with E-state index in [0.29, 0.717) is 18.8 Å². The summed E-state index contributed by atoms with van der Waals surface area (Å²) in [6.45, 7) is 0.794. The highest BCUT2D eigenvalue weighted by Gasteiger charge is 2.18. The highest BCUT2D eigenvalue weighted by Crippen LogP contribution is 2.21. The first-order valence-corrected chi connectivity index (χ1v) is 6.67. The van der Waals surface area contributed by atoms with Crippen LogP contribution in [0.5, 0.6) is 0 Å². The second-order valence-corrected chi connectivity index (χ2v) is 4.59. The minimum Gasteiger partial charge on any atom is -0.467 e. The minimum atomic E-state index is -0.285. The predicted molar refractivity (Wildman–Crippen MR) is 66.3 cm³/mol.